The Labute approximate surface area is 134 Å². The van der Waals surface area contributed by atoms with E-state index < -0.39 is 0 Å². The van der Waals surface area contributed by atoms with E-state index in [1.165, 1.54) is 82.3 Å². The molecule has 3 heteroatoms. The van der Waals surface area contributed by atoms with Gasteiger partial charge in [-0.3, -0.25) is 4.90 Å². The summed E-state index contributed by atoms with van der Waals surface area (Å²) in [6.07, 6.45) is 9.16. The highest BCUT2D eigenvalue weighted by atomic mass is 16.5. The van der Waals surface area contributed by atoms with Gasteiger partial charge in [0.15, 0.2) is 0 Å². The number of nitrogens with zero attached hydrogens (tertiary/aromatic N) is 2. The van der Waals surface area contributed by atoms with E-state index in [0.717, 1.165) is 18.9 Å². The number of aryl methyl sites for hydroxylation is 2. The molecule has 22 heavy (non-hydrogen) atoms. The highest BCUT2D eigenvalue weighted by Gasteiger charge is 2.24. The molecule has 0 bridgehead atoms. The van der Waals surface area contributed by atoms with Crippen molar-refractivity contribution >= 4 is 5.69 Å². The zero-order chi connectivity index (χ0) is 14.8. The third-order valence-electron chi connectivity index (χ3n) is 5.43. The summed E-state index contributed by atoms with van der Waals surface area (Å²) in [5, 5.41) is 0. The lowest BCUT2D eigenvalue weighted by Gasteiger charge is -2.37. The molecule has 3 aliphatic rings. The number of benzene rings is 1. The molecule has 3 aliphatic heterocycles. The van der Waals surface area contributed by atoms with Gasteiger partial charge < -0.3 is 9.64 Å². The van der Waals surface area contributed by atoms with Crippen molar-refractivity contribution in [3.05, 3.63) is 23.3 Å². The average Bonchev–Trinajstić information content (AvgIpc) is 2.56. The molecule has 3 heterocycles. The number of anilines is 1. The van der Waals surface area contributed by atoms with Crippen molar-refractivity contribution in [2.24, 2.45) is 0 Å². The number of rotatable bonds is 4. The van der Waals surface area contributed by atoms with Crippen molar-refractivity contribution < 1.29 is 4.74 Å². The Morgan fingerprint density at radius 1 is 0.818 bits per heavy atom. The van der Waals surface area contributed by atoms with Gasteiger partial charge in [0.25, 0.3) is 0 Å². The van der Waals surface area contributed by atoms with Crippen molar-refractivity contribution in [1.29, 1.82) is 0 Å². The second-order valence-corrected chi connectivity index (χ2v) is 7.04. The van der Waals surface area contributed by atoms with E-state index in [4.69, 9.17) is 4.74 Å². The fraction of sp³-hybridized carbons (Fsp3) is 0.684. The molecule has 3 nitrogen and oxygen atoms in total. The quantitative estimate of drug-likeness (QED) is 0.849. The van der Waals surface area contributed by atoms with Crippen LogP contribution in [0.2, 0.25) is 0 Å². The zero-order valence-corrected chi connectivity index (χ0v) is 13.6. The summed E-state index contributed by atoms with van der Waals surface area (Å²) >= 11 is 0. The van der Waals surface area contributed by atoms with E-state index in [9.17, 15) is 0 Å². The molecule has 0 spiro atoms. The molecular formula is C19H28N2O. The maximum atomic E-state index is 6.12. The molecule has 0 unspecified atom stereocenters. The van der Waals surface area contributed by atoms with Crippen LogP contribution in [0.3, 0.4) is 0 Å². The average molecular weight is 300 g/mol. The summed E-state index contributed by atoms with van der Waals surface area (Å²) in [6.45, 7) is 6.92. The molecule has 0 saturated carbocycles. The molecule has 4 rings (SSSR count). The third kappa shape index (κ3) is 2.96. The fourth-order valence-corrected chi connectivity index (χ4v) is 4.33. The third-order valence-corrected chi connectivity index (χ3v) is 5.43. The van der Waals surface area contributed by atoms with Gasteiger partial charge in [-0.05, 0) is 74.9 Å². The van der Waals surface area contributed by atoms with Gasteiger partial charge in [-0.25, -0.2) is 0 Å². The SMILES string of the molecule is c1c(OCCN2CCCCC2)cc2c3c1CCCN3CCC2. The summed E-state index contributed by atoms with van der Waals surface area (Å²) < 4.78 is 6.12. The predicted molar refractivity (Wildman–Crippen MR) is 91.1 cm³/mol. The Balaban J connectivity index is 1.42. The highest BCUT2D eigenvalue weighted by molar-refractivity contribution is 5.65. The predicted octanol–water partition coefficient (Wildman–Crippen LogP) is 3.25. The van der Waals surface area contributed by atoms with Crippen molar-refractivity contribution in [1.82, 2.24) is 4.90 Å². The summed E-state index contributed by atoms with van der Waals surface area (Å²) in [7, 11) is 0. The summed E-state index contributed by atoms with van der Waals surface area (Å²) in [5.74, 6) is 1.11. The van der Waals surface area contributed by atoms with E-state index in [-0.39, 0.29) is 0 Å². The minimum Gasteiger partial charge on any atom is -0.492 e. The molecule has 120 valence electrons. The minimum absolute atomic E-state index is 0.835. The number of hydrogen-bond donors (Lipinski definition) is 0. The molecule has 1 aromatic rings. The van der Waals surface area contributed by atoms with Crippen LogP contribution in [0.4, 0.5) is 5.69 Å². The van der Waals surface area contributed by atoms with E-state index in [2.05, 4.69) is 21.9 Å². The molecule has 0 N–H and O–H groups in total. The first kappa shape index (κ1) is 14.4. The van der Waals surface area contributed by atoms with E-state index in [1.807, 2.05) is 0 Å². The van der Waals surface area contributed by atoms with Crippen LogP contribution < -0.4 is 9.64 Å². The Kier molecular flexibility index (Phi) is 4.24. The zero-order valence-electron chi connectivity index (χ0n) is 13.6. The first-order valence-electron chi connectivity index (χ1n) is 9.16. The van der Waals surface area contributed by atoms with Gasteiger partial charge in [-0.2, -0.15) is 0 Å². The Morgan fingerprint density at radius 3 is 2.18 bits per heavy atom. The van der Waals surface area contributed by atoms with E-state index >= 15 is 0 Å². The van der Waals surface area contributed by atoms with Crippen LogP contribution in [0.25, 0.3) is 0 Å². The number of likely N-dealkylation sites (tertiary alicyclic amines) is 1. The molecule has 0 aliphatic carbocycles. The lowest BCUT2D eigenvalue weighted by Crippen LogP contribution is -2.34. The van der Waals surface area contributed by atoms with Crippen LogP contribution in [-0.4, -0.2) is 44.2 Å². The monoisotopic (exact) mass is 300 g/mol. The maximum Gasteiger partial charge on any atom is 0.120 e. The van der Waals surface area contributed by atoms with Crippen molar-refractivity contribution in [2.45, 2.75) is 44.9 Å². The van der Waals surface area contributed by atoms with Crippen LogP contribution in [0.5, 0.6) is 5.75 Å². The van der Waals surface area contributed by atoms with Gasteiger partial charge in [0.1, 0.15) is 12.4 Å². The lowest BCUT2D eigenvalue weighted by atomic mass is 9.92. The van der Waals surface area contributed by atoms with Gasteiger partial charge in [0.2, 0.25) is 0 Å². The maximum absolute atomic E-state index is 6.12. The number of hydrogen-bond acceptors (Lipinski definition) is 3. The molecule has 1 aromatic carbocycles. The largest absolute Gasteiger partial charge is 0.492 e. The van der Waals surface area contributed by atoms with Gasteiger partial charge in [-0.15, -0.1) is 0 Å². The second kappa shape index (κ2) is 6.49. The first-order chi connectivity index (χ1) is 10.9. The molecule has 0 aromatic heterocycles. The molecule has 0 radical (unpaired) electrons. The smallest absolute Gasteiger partial charge is 0.120 e. The fourth-order valence-electron chi connectivity index (χ4n) is 4.33. The van der Waals surface area contributed by atoms with Gasteiger partial charge in [0.05, 0.1) is 0 Å². The minimum atomic E-state index is 0.835. The van der Waals surface area contributed by atoms with E-state index in [0.29, 0.717) is 0 Å². The first-order valence-corrected chi connectivity index (χ1v) is 9.16. The van der Waals surface area contributed by atoms with Gasteiger partial charge in [-0.1, -0.05) is 6.42 Å². The standard InChI is InChI=1S/C19H28N2O/c1-2-8-20(9-3-1)12-13-22-18-14-16-6-4-10-21-11-5-7-17(15-18)19(16)21/h14-15H,1-13H2. The van der Waals surface area contributed by atoms with Crippen molar-refractivity contribution in [3.8, 4) is 5.75 Å². The number of piperidine rings is 1. The van der Waals surface area contributed by atoms with Gasteiger partial charge >= 0.3 is 0 Å². The topological polar surface area (TPSA) is 15.7 Å². The van der Waals surface area contributed by atoms with Crippen LogP contribution in [-0.2, 0) is 12.8 Å². The van der Waals surface area contributed by atoms with Crippen LogP contribution in [0.1, 0.15) is 43.2 Å². The normalized spacial score (nSPS) is 21.5. The molecule has 1 fully saturated rings. The number of ether oxygens (including phenoxy) is 1. The highest BCUT2D eigenvalue weighted by Crippen LogP contribution is 2.37. The Morgan fingerprint density at radius 2 is 1.50 bits per heavy atom. The Hall–Kier alpha value is -1.22. The van der Waals surface area contributed by atoms with Crippen LogP contribution in [0.15, 0.2) is 12.1 Å². The molecule has 0 atom stereocenters. The van der Waals surface area contributed by atoms with Crippen molar-refractivity contribution in [3.63, 3.8) is 0 Å². The summed E-state index contributed by atoms with van der Waals surface area (Å²) in [5.41, 5.74) is 4.59. The summed E-state index contributed by atoms with van der Waals surface area (Å²) in [4.78, 5) is 5.14. The summed E-state index contributed by atoms with van der Waals surface area (Å²) in [6, 6.07) is 4.62. The van der Waals surface area contributed by atoms with Crippen LogP contribution >= 0.6 is 0 Å². The molecular weight excluding hydrogens is 272 g/mol. The van der Waals surface area contributed by atoms with E-state index in [1.54, 1.807) is 5.69 Å². The molecule has 0 amide bonds. The second-order valence-electron chi connectivity index (χ2n) is 7.04. The lowest BCUT2D eigenvalue weighted by molar-refractivity contribution is 0.183. The van der Waals surface area contributed by atoms with Crippen LogP contribution in [0, 0.1) is 0 Å². The van der Waals surface area contributed by atoms with Crippen molar-refractivity contribution in [2.75, 3.05) is 44.2 Å². The van der Waals surface area contributed by atoms with Gasteiger partial charge in [0, 0.05) is 25.3 Å². The molecule has 1 saturated heterocycles. The Bertz CT molecular complexity index is 491.